The number of carboxylic acid groups (broad SMARTS) is 2. The fourth-order valence-electron chi connectivity index (χ4n) is 6.62. The van der Waals surface area contributed by atoms with E-state index in [1.807, 2.05) is 5.32 Å². The molecule has 0 radical (unpaired) electrons. The van der Waals surface area contributed by atoms with Crippen LogP contribution in [-0.4, -0.2) is 169 Å². The zero-order valence-electron chi connectivity index (χ0n) is 39.4. The van der Waals surface area contributed by atoms with Gasteiger partial charge in [0.25, 0.3) is 0 Å². The van der Waals surface area contributed by atoms with Crippen molar-refractivity contribution in [1.82, 2.24) is 47.5 Å². The molecule has 10 atom stereocenters. The van der Waals surface area contributed by atoms with Crippen LogP contribution in [0.25, 0.3) is 10.9 Å². The Morgan fingerprint density at radius 2 is 1.06 bits per heavy atom. The molecule has 27 heteroatoms. The van der Waals surface area contributed by atoms with Gasteiger partial charge in [-0.25, -0.2) is 4.79 Å². The normalized spacial score (nSPS) is 15.5. The van der Waals surface area contributed by atoms with Crippen LogP contribution in [0.2, 0.25) is 0 Å². The molecule has 2 aromatic rings. The number of nitrogens with two attached hydrogens (primary N) is 2. The molecule has 0 spiro atoms. The highest BCUT2D eigenvalue weighted by molar-refractivity contribution is 5.99. The molecular formula is C43H65N11O16. The second kappa shape index (κ2) is 27.7. The van der Waals surface area contributed by atoms with Gasteiger partial charge < -0.3 is 84.5 Å². The lowest BCUT2D eigenvalue weighted by Gasteiger charge is -2.29. The topological polar surface area (TPSA) is 453 Å². The quantitative estimate of drug-likeness (QED) is 0.0361. The molecule has 0 aliphatic heterocycles. The molecule has 388 valence electrons. The lowest BCUT2D eigenvalue weighted by molar-refractivity contribution is -0.144. The zero-order valence-corrected chi connectivity index (χ0v) is 39.4. The van der Waals surface area contributed by atoms with Crippen molar-refractivity contribution in [3.05, 3.63) is 36.0 Å². The minimum atomic E-state index is -1.99. The molecule has 1 aromatic heterocycles. The molecule has 0 saturated heterocycles. The average molecular weight is 992 g/mol. The molecular weight excluding hydrogens is 927 g/mol. The van der Waals surface area contributed by atoms with E-state index in [2.05, 4.69) is 42.2 Å². The summed E-state index contributed by atoms with van der Waals surface area (Å²) in [5, 5.41) is 68.4. The van der Waals surface area contributed by atoms with Crippen molar-refractivity contribution in [1.29, 1.82) is 0 Å². The lowest BCUT2D eigenvalue weighted by atomic mass is 9.99. The molecule has 2 rings (SSSR count). The maximum Gasteiger partial charge on any atom is 0.326 e. The van der Waals surface area contributed by atoms with Gasteiger partial charge in [0.15, 0.2) is 0 Å². The molecule has 9 amide bonds. The second-order valence-electron chi connectivity index (χ2n) is 17.1. The Morgan fingerprint density at radius 1 is 0.586 bits per heavy atom. The Balaban J connectivity index is 2.28. The Kier molecular flexibility index (Phi) is 23.3. The summed E-state index contributed by atoms with van der Waals surface area (Å²) in [6.07, 6.45) is -1.83. The van der Waals surface area contributed by atoms with Crippen LogP contribution < -0.4 is 54.0 Å². The molecule has 1 aromatic carbocycles. The number of aliphatic hydroxyl groups excluding tert-OH is 3. The number of para-hydroxylation sites is 1. The number of aromatic amines is 1. The monoisotopic (exact) mass is 991 g/mol. The fourth-order valence-corrected chi connectivity index (χ4v) is 6.62. The number of nitrogens with one attached hydrogen (secondary N) is 9. The Morgan fingerprint density at radius 3 is 1.57 bits per heavy atom. The van der Waals surface area contributed by atoms with Crippen molar-refractivity contribution in [2.75, 3.05) is 13.2 Å². The van der Waals surface area contributed by atoms with Gasteiger partial charge in [0, 0.05) is 29.9 Å². The zero-order chi connectivity index (χ0) is 53.2. The summed E-state index contributed by atoms with van der Waals surface area (Å²) in [6, 6.07) is -7.64. The van der Waals surface area contributed by atoms with E-state index in [4.69, 9.17) is 11.5 Å². The first kappa shape index (κ1) is 58.9. The number of carboxylic acids is 2. The molecule has 70 heavy (non-hydrogen) atoms. The molecule has 0 unspecified atom stereocenters. The fraction of sp³-hybridized carbons (Fsp3) is 0.558. The molecule has 27 nitrogen and oxygen atoms in total. The summed E-state index contributed by atoms with van der Waals surface area (Å²) in [4.78, 5) is 144. The maximum absolute atomic E-state index is 13.9. The number of benzene rings is 1. The van der Waals surface area contributed by atoms with E-state index in [9.17, 15) is 78.3 Å². The van der Waals surface area contributed by atoms with Crippen molar-refractivity contribution in [2.45, 2.75) is 128 Å². The highest BCUT2D eigenvalue weighted by Crippen LogP contribution is 2.19. The van der Waals surface area contributed by atoms with Gasteiger partial charge in [0.1, 0.15) is 48.3 Å². The first-order valence-corrected chi connectivity index (χ1v) is 22.1. The van der Waals surface area contributed by atoms with Gasteiger partial charge >= 0.3 is 11.9 Å². The SMILES string of the molecule is CC(C)[C@H](NC(=O)[C@@H](NC(=O)[C@@H](NC(=O)[C@H](CO)NC(=O)[C@H](CO)NC(=O)[C@H](CC(=O)O)NC(=O)[C@H](Cc1c[nH]c2ccccc12)NC(=O)[C@H](C)NC(=O)[C@@H](N)CCC(N)=O)[C@@H](C)O)C(C)C)C(=O)O. The summed E-state index contributed by atoms with van der Waals surface area (Å²) in [5.74, 6) is -13.7. The summed E-state index contributed by atoms with van der Waals surface area (Å²) in [7, 11) is 0. The standard InChI is InChI=1S/C43H65N11O16/c1-18(2)32(41(67)53-33(19(3)4)43(69)70)52-42(68)34(21(6)57)54-40(66)29(17-56)51-39(65)28(16-55)50-38(64)27(14-31(59)60)49-37(63)26(13-22-15-46-25-10-8-7-9-23(22)25)48-35(61)20(5)47-36(62)24(44)11-12-30(45)58/h7-10,15,18-21,24,26-29,32-34,46,55-57H,11-14,16-17,44H2,1-6H3,(H2,45,58)(H,47,62)(H,48,61)(H,49,63)(H,50,64)(H,51,65)(H,52,68)(H,53,67)(H,54,66)(H,59,60)(H,69,70)/t20-,21+,24-,26-,27-,28-,29-,32-,33-,34-/m0/s1. The average Bonchev–Trinajstić information content (AvgIpc) is 3.69. The van der Waals surface area contributed by atoms with Gasteiger partial charge in [-0.1, -0.05) is 45.9 Å². The molecule has 0 aliphatic carbocycles. The van der Waals surface area contributed by atoms with Gasteiger partial charge in [-0.15, -0.1) is 0 Å². The smallest absolute Gasteiger partial charge is 0.326 e. The van der Waals surface area contributed by atoms with E-state index >= 15 is 0 Å². The number of hydrogen-bond donors (Lipinski definition) is 16. The predicted molar refractivity (Wildman–Crippen MR) is 245 cm³/mol. The van der Waals surface area contributed by atoms with Crippen LogP contribution >= 0.6 is 0 Å². The predicted octanol–water partition coefficient (Wildman–Crippen LogP) is -5.56. The number of fused-ring (bicyclic) bond motifs is 1. The van der Waals surface area contributed by atoms with E-state index in [0.29, 0.717) is 16.5 Å². The highest BCUT2D eigenvalue weighted by atomic mass is 16.4. The number of hydrogen-bond acceptors (Lipinski definition) is 15. The number of amides is 9. The van der Waals surface area contributed by atoms with Crippen LogP contribution in [0.1, 0.15) is 66.4 Å². The van der Waals surface area contributed by atoms with Crippen LogP contribution in [0.3, 0.4) is 0 Å². The number of carbonyl (C=O) groups excluding carboxylic acids is 9. The minimum Gasteiger partial charge on any atom is -0.481 e. The maximum atomic E-state index is 13.9. The molecule has 0 fully saturated rings. The number of rotatable bonds is 29. The molecule has 1 heterocycles. The molecule has 0 saturated carbocycles. The van der Waals surface area contributed by atoms with E-state index in [0.717, 1.165) is 6.92 Å². The number of carbonyl (C=O) groups is 11. The van der Waals surface area contributed by atoms with E-state index in [-0.39, 0.29) is 19.3 Å². The van der Waals surface area contributed by atoms with Crippen LogP contribution in [0.4, 0.5) is 0 Å². The van der Waals surface area contributed by atoms with Gasteiger partial charge in [0.05, 0.1) is 31.8 Å². The van der Waals surface area contributed by atoms with Crippen molar-refractivity contribution >= 4 is 76.0 Å². The molecule has 0 bridgehead atoms. The number of aliphatic carboxylic acids is 2. The molecule has 0 aliphatic rings. The van der Waals surface area contributed by atoms with E-state index in [1.54, 1.807) is 44.3 Å². The van der Waals surface area contributed by atoms with E-state index in [1.165, 1.54) is 20.8 Å². The van der Waals surface area contributed by atoms with Crippen LogP contribution in [0.15, 0.2) is 30.5 Å². The van der Waals surface area contributed by atoms with Gasteiger partial charge in [-0.05, 0) is 43.7 Å². The third-order valence-corrected chi connectivity index (χ3v) is 10.7. The summed E-state index contributed by atoms with van der Waals surface area (Å²) < 4.78 is 0. The number of aromatic nitrogens is 1. The van der Waals surface area contributed by atoms with Crippen molar-refractivity contribution in [3.63, 3.8) is 0 Å². The number of primary amides is 1. The van der Waals surface area contributed by atoms with Crippen molar-refractivity contribution < 1.29 is 78.3 Å². The van der Waals surface area contributed by atoms with Crippen LogP contribution in [-0.2, 0) is 59.2 Å². The van der Waals surface area contributed by atoms with Gasteiger partial charge in [-0.2, -0.15) is 0 Å². The number of aliphatic hydroxyl groups is 3. The Bertz CT molecular complexity index is 2220. The van der Waals surface area contributed by atoms with Crippen molar-refractivity contribution in [3.8, 4) is 0 Å². The lowest BCUT2D eigenvalue weighted by Crippen LogP contribution is -2.63. The van der Waals surface area contributed by atoms with E-state index < -0.39 is 157 Å². The van der Waals surface area contributed by atoms with Crippen LogP contribution in [0, 0.1) is 11.8 Å². The summed E-state index contributed by atoms with van der Waals surface area (Å²) in [6.45, 7) is 6.16. The Hall–Kier alpha value is -7.23. The Labute approximate surface area is 401 Å². The minimum absolute atomic E-state index is 0.128. The van der Waals surface area contributed by atoms with Crippen molar-refractivity contribution in [2.24, 2.45) is 23.3 Å². The van der Waals surface area contributed by atoms with Gasteiger partial charge in [0.2, 0.25) is 53.2 Å². The second-order valence-corrected chi connectivity index (χ2v) is 17.1. The third-order valence-electron chi connectivity index (χ3n) is 10.7. The molecule has 18 N–H and O–H groups in total. The number of H-pyrrole nitrogens is 1. The first-order chi connectivity index (χ1) is 32.7. The third kappa shape index (κ3) is 18.0. The largest absolute Gasteiger partial charge is 0.481 e. The summed E-state index contributed by atoms with van der Waals surface area (Å²) >= 11 is 0. The van der Waals surface area contributed by atoms with Crippen LogP contribution in [0.5, 0.6) is 0 Å². The highest BCUT2D eigenvalue weighted by Gasteiger charge is 2.37. The van der Waals surface area contributed by atoms with Gasteiger partial charge in [-0.3, -0.25) is 47.9 Å². The first-order valence-electron chi connectivity index (χ1n) is 22.1. The summed E-state index contributed by atoms with van der Waals surface area (Å²) in [5.41, 5.74) is 12.1.